The third-order valence-electron chi connectivity index (χ3n) is 5.44. The van der Waals surface area contributed by atoms with Gasteiger partial charge in [-0.25, -0.2) is 4.79 Å². The molecule has 160 valence electrons. The summed E-state index contributed by atoms with van der Waals surface area (Å²) in [5.41, 5.74) is 10.0. The quantitative estimate of drug-likeness (QED) is 0.465. The minimum atomic E-state index is -1.09. The fourth-order valence-electron chi connectivity index (χ4n) is 4.03. The van der Waals surface area contributed by atoms with E-state index in [4.69, 9.17) is 15.6 Å². The molecule has 0 radical (unpaired) electrons. The summed E-state index contributed by atoms with van der Waals surface area (Å²) >= 11 is 0. The van der Waals surface area contributed by atoms with E-state index < -0.39 is 18.5 Å². The van der Waals surface area contributed by atoms with Gasteiger partial charge in [0, 0.05) is 17.5 Å². The van der Waals surface area contributed by atoms with Crippen LogP contribution in [0.4, 0.5) is 0 Å². The van der Waals surface area contributed by atoms with Crippen LogP contribution in [0, 0.1) is 11.3 Å². The highest BCUT2D eigenvalue weighted by Crippen LogP contribution is 2.39. The number of benzene rings is 3. The zero-order valence-electron chi connectivity index (χ0n) is 17.5. The number of carboxylic acid groups (broad SMARTS) is 1. The third-order valence-corrected chi connectivity index (χ3v) is 5.44. The molecule has 0 spiro atoms. The molecule has 0 saturated heterocycles. The SMILES string of the molecule is CCc1cc(OCC(=O)O)c2c3c(C(N)=O)cccc3n(Cc3cccc(C#N)c3)c2c1. The molecule has 4 rings (SSSR count). The first-order valence-corrected chi connectivity index (χ1v) is 10.1. The second-order valence-electron chi connectivity index (χ2n) is 7.49. The summed E-state index contributed by atoms with van der Waals surface area (Å²) in [6.45, 7) is 1.95. The van der Waals surface area contributed by atoms with Crippen LogP contribution in [0.25, 0.3) is 21.8 Å². The zero-order valence-corrected chi connectivity index (χ0v) is 17.5. The number of nitrogens with zero attached hydrogens (tertiary/aromatic N) is 2. The van der Waals surface area contributed by atoms with E-state index in [-0.39, 0.29) is 0 Å². The molecule has 4 aromatic rings. The maximum absolute atomic E-state index is 12.3. The van der Waals surface area contributed by atoms with Crippen LogP contribution in [-0.2, 0) is 17.8 Å². The summed E-state index contributed by atoms with van der Waals surface area (Å²) in [6, 6.07) is 18.6. The Balaban J connectivity index is 2.06. The number of rotatable bonds is 7. The Bertz CT molecular complexity index is 1410. The number of aryl methyl sites for hydroxylation is 1. The number of nitrogens with two attached hydrogens (primary N) is 1. The third kappa shape index (κ3) is 3.74. The van der Waals surface area contributed by atoms with Gasteiger partial charge in [0.2, 0.25) is 5.91 Å². The maximum atomic E-state index is 12.3. The van der Waals surface area contributed by atoms with Crippen molar-refractivity contribution in [3.05, 3.63) is 76.9 Å². The molecule has 0 aliphatic heterocycles. The fraction of sp³-hybridized carbons (Fsp3) is 0.160. The molecule has 0 bridgehead atoms. The lowest BCUT2D eigenvalue weighted by atomic mass is 10.0. The van der Waals surface area contributed by atoms with E-state index in [1.54, 1.807) is 18.2 Å². The van der Waals surface area contributed by atoms with Crippen LogP contribution in [0.5, 0.6) is 5.75 Å². The molecule has 1 aromatic heterocycles. The van der Waals surface area contributed by atoms with Crippen LogP contribution < -0.4 is 10.5 Å². The summed E-state index contributed by atoms with van der Waals surface area (Å²) in [5, 5.41) is 19.7. The number of hydrogen-bond donors (Lipinski definition) is 2. The van der Waals surface area contributed by atoms with E-state index in [0.29, 0.717) is 40.6 Å². The van der Waals surface area contributed by atoms with Gasteiger partial charge in [0.1, 0.15) is 5.75 Å². The summed E-state index contributed by atoms with van der Waals surface area (Å²) < 4.78 is 7.70. The van der Waals surface area contributed by atoms with Crippen molar-refractivity contribution in [1.82, 2.24) is 4.57 Å². The van der Waals surface area contributed by atoms with Gasteiger partial charge in [0.05, 0.1) is 28.1 Å². The Kier molecular flexibility index (Phi) is 5.52. The van der Waals surface area contributed by atoms with Crippen molar-refractivity contribution >= 4 is 33.7 Å². The van der Waals surface area contributed by atoms with Gasteiger partial charge in [-0.1, -0.05) is 25.1 Å². The van der Waals surface area contributed by atoms with E-state index in [9.17, 15) is 14.9 Å². The minimum absolute atomic E-state index is 0.335. The van der Waals surface area contributed by atoms with E-state index in [2.05, 4.69) is 6.07 Å². The van der Waals surface area contributed by atoms with Gasteiger partial charge in [0.15, 0.2) is 6.61 Å². The number of hydrogen-bond acceptors (Lipinski definition) is 4. The molecule has 0 atom stereocenters. The number of nitriles is 1. The van der Waals surface area contributed by atoms with Crippen molar-refractivity contribution in [3.63, 3.8) is 0 Å². The number of aromatic nitrogens is 1. The van der Waals surface area contributed by atoms with Crippen molar-refractivity contribution in [3.8, 4) is 11.8 Å². The molecule has 3 N–H and O–H groups in total. The molecule has 32 heavy (non-hydrogen) atoms. The van der Waals surface area contributed by atoms with Gasteiger partial charge in [-0.15, -0.1) is 0 Å². The van der Waals surface area contributed by atoms with Gasteiger partial charge in [0.25, 0.3) is 0 Å². The Morgan fingerprint density at radius 1 is 1.06 bits per heavy atom. The normalized spacial score (nSPS) is 10.9. The minimum Gasteiger partial charge on any atom is -0.481 e. The molecule has 7 heteroatoms. The Labute approximate surface area is 184 Å². The van der Waals surface area contributed by atoms with Crippen molar-refractivity contribution < 1.29 is 19.4 Å². The number of aliphatic carboxylic acids is 1. The van der Waals surface area contributed by atoms with Gasteiger partial charge < -0.3 is 20.1 Å². The van der Waals surface area contributed by atoms with Gasteiger partial charge in [-0.05, 0) is 53.9 Å². The topological polar surface area (TPSA) is 118 Å². The van der Waals surface area contributed by atoms with Crippen molar-refractivity contribution in [1.29, 1.82) is 5.26 Å². The highest BCUT2D eigenvalue weighted by molar-refractivity contribution is 6.19. The molecular formula is C25H21N3O4. The van der Waals surface area contributed by atoms with Crippen molar-refractivity contribution in [2.24, 2.45) is 5.73 Å². The number of carboxylic acids is 1. The molecule has 1 heterocycles. The van der Waals surface area contributed by atoms with E-state index in [1.807, 2.05) is 47.9 Å². The molecule has 0 saturated carbocycles. The van der Waals surface area contributed by atoms with Gasteiger partial charge in [-0.3, -0.25) is 4.79 Å². The van der Waals surface area contributed by atoms with Gasteiger partial charge >= 0.3 is 5.97 Å². The maximum Gasteiger partial charge on any atom is 0.341 e. The molecule has 7 nitrogen and oxygen atoms in total. The first-order valence-electron chi connectivity index (χ1n) is 10.1. The lowest BCUT2D eigenvalue weighted by molar-refractivity contribution is -0.139. The summed E-state index contributed by atoms with van der Waals surface area (Å²) in [4.78, 5) is 23.4. The summed E-state index contributed by atoms with van der Waals surface area (Å²) in [5.74, 6) is -1.28. The lowest BCUT2D eigenvalue weighted by Gasteiger charge is -2.11. The van der Waals surface area contributed by atoms with Crippen LogP contribution in [0.2, 0.25) is 0 Å². The largest absolute Gasteiger partial charge is 0.481 e. The van der Waals surface area contributed by atoms with Crippen LogP contribution in [-0.4, -0.2) is 28.2 Å². The predicted molar refractivity (Wildman–Crippen MR) is 121 cm³/mol. The monoisotopic (exact) mass is 427 g/mol. The molecular weight excluding hydrogens is 406 g/mol. The smallest absolute Gasteiger partial charge is 0.341 e. The molecule has 0 aliphatic rings. The number of ether oxygens (including phenoxy) is 1. The average molecular weight is 427 g/mol. The molecule has 0 unspecified atom stereocenters. The molecule has 1 amide bonds. The van der Waals surface area contributed by atoms with E-state index in [1.165, 1.54) is 0 Å². The second kappa shape index (κ2) is 8.44. The van der Waals surface area contributed by atoms with Crippen molar-refractivity contribution in [2.45, 2.75) is 19.9 Å². The van der Waals surface area contributed by atoms with E-state index >= 15 is 0 Å². The standard InChI is InChI=1S/C25H21N3O4/c1-2-15-10-20-24(21(11-15)32-14-22(29)30)23-18(25(27)31)7-4-8-19(23)28(20)13-17-6-3-5-16(9-17)12-26/h3-11H,2,13-14H2,1H3,(H2,27,31)(H,29,30). The summed E-state index contributed by atoms with van der Waals surface area (Å²) in [6.07, 6.45) is 0.716. The Morgan fingerprint density at radius 2 is 1.84 bits per heavy atom. The first-order chi connectivity index (χ1) is 15.4. The highest BCUT2D eigenvalue weighted by atomic mass is 16.5. The number of carbonyl (C=O) groups excluding carboxylic acids is 1. The molecule has 3 aromatic carbocycles. The highest BCUT2D eigenvalue weighted by Gasteiger charge is 2.21. The Hall–Kier alpha value is -4.31. The fourth-order valence-corrected chi connectivity index (χ4v) is 4.03. The van der Waals surface area contributed by atoms with E-state index in [0.717, 1.165) is 22.2 Å². The molecule has 0 fully saturated rings. The number of primary amides is 1. The predicted octanol–water partition coefficient (Wildman–Crippen LogP) is 3.84. The van der Waals surface area contributed by atoms with Crippen LogP contribution in [0.15, 0.2) is 54.6 Å². The van der Waals surface area contributed by atoms with Crippen LogP contribution in [0.1, 0.15) is 34.0 Å². The van der Waals surface area contributed by atoms with Crippen molar-refractivity contribution in [2.75, 3.05) is 6.61 Å². The van der Waals surface area contributed by atoms with Crippen LogP contribution >= 0.6 is 0 Å². The van der Waals surface area contributed by atoms with Gasteiger partial charge in [-0.2, -0.15) is 5.26 Å². The lowest BCUT2D eigenvalue weighted by Crippen LogP contribution is -2.12. The summed E-state index contributed by atoms with van der Waals surface area (Å²) in [7, 11) is 0. The number of fused-ring (bicyclic) bond motifs is 3. The second-order valence-corrected chi connectivity index (χ2v) is 7.49. The average Bonchev–Trinajstić information content (AvgIpc) is 3.11. The molecule has 0 aliphatic carbocycles. The van der Waals surface area contributed by atoms with Crippen LogP contribution in [0.3, 0.4) is 0 Å². The Morgan fingerprint density at radius 3 is 2.53 bits per heavy atom. The number of amides is 1. The first kappa shape index (κ1) is 20.9. The zero-order chi connectivity index (χ0) is 22.8. The number of carbonyl (C=O) groups is 2.